The smallest absolute Gasteiger partial charge is 0.238 e. The number of nitrogens with zero attached hydrogens (tertiary/aromatic N) is 1. The van der Waals surface area contributed by atoms with E-state index >= 15 is 0 Å². The molecule has 20 heavy (non-hydrogen) atoms. The number of methoxy groups -OCH3 is 1. The summed E-state index contributed by atoms with van der Waals surface area (Å²) in [4.78, 5) is 15.6. The van der Waals surface area contributed by atoms with E-state index in [2.05, 4.69) is 5.32 Å². The highest BCUT2D eigenvalue weighted by Crippen LogP contribution is 2.39. The van der Waals surface area contributed by atoms with Crippen LogP contribution in [0.5, 0.6) is 5.75 Å². The number of hydrogen-bond acceptors (Lipinski definition) is 4. The SMILES string of the molecule is COc1ccccc1SC(C)(C)C(=O)N1CCNCC1. The van der Waals surface area contributed by atoms with Crippen molar-refractivity contribution in [3.8, 4) is 5.75 Å². The van der Waals surface area contributed by atoms with Gasteiger partial charge in [-0.25, -0.2) is 0 Å². The molecule has 1 aliphatic rings. The quantitative estimate of drug-likeness (QED) is 0.863. The van der Waals surface area contributed by atoms with Crippen LogP contribution in [0.4, 0.5) is 0 Å². The van der Waals surface area contributed by atoms with Crippen LogP contribution < -0.4 is 10.1 Å². The molecule has 1 saturated heterocycles. The van der Waals surface area contributed by atoms with Gasteiger partial charge in [0.25, 0.3) is 0 Å². The molecule has 1 aromatic carbocycles. The van der Waals surface area contributed by atoms with Crippen molar-refractivity contribution in [3.63, 3.8) is 0 Å². The van der Waals surface area contributed by atoms with Crippen LogP contribution in [0.2, 0.25) is 0 Å². The van der Waals surface area contributed by atoms with Gasteiger partial charge in [-0.3, -0.25) is 4.79 Å². The van der Waals surface area contributed by atoms with Crippen LogP contribution >= 0.6 is 11.8 Å². The molecule has 0 radical (unpaired) electrons. The van der Waals surface area contributed by atoms with Crippen molar-refractivity contribution in [2.75, 3.05) is 33.3 Å². The Hall–Kier alpha value is -1.20. The zero-order chi connectivity index (χ0) is 14.6. The van der Waals surface area contributed by atoms with Gasteiger partial charge in [0.1, 0.15) is 5.75 Å². The molecule has 110 valence electrons. The minimum atomic E-state index is -0.494. The number of thioether (sulfide) groups is 1. The first kappa shape index (κ1) is 15.2. The normalized spacial score (nSPS) is 16.1. The predicted octanol–water partition coefficient (Wildman–Crippen LogP) is 2.00. The Kier molecular flexibility index (Phi) is 4.94. The van der Waals surface area contributed by atoms with Crippen LogP contribution in [0, 0.1) is 0 Å². The molecule has 1 aliphatic heterocycles. The van der Waals surface area contributed by atoms with Gasteiger partial charge in [-0.05, 0) is 26.0 Å². The highest BCUT2D eigenvalue weighted by Gasteiger charge is 2.34. The standard InChI is InChI=1S/C15H22N2O2S/c1-15(2,14(18)17-10-8-16-9-11-17)20-13-7-5-4-6-12(13)19-3/h4-7,16H,8-11H2,1-3H3. The third-order valence-corrected chi connectivity index (χ3v) is 4.60. The summed E-state index contributed by atoms with van der Waals surface area (Å²) >= 11 is 1.56. The molecule has 1 heterocycles. The van der Waals surface area contributed by atoms with Crippen molar-refractivity contribution in [2.24, 2.45) is 0 Å². The monoisotopic (exact) mass is 294 g/mol. The fourth-order valence-corrected chi connectivity index (χ4v) is 3.44. The van der Waals surface area contributed by atoms with E-state index in [0.717, 1.165) is 36.8 Å². The number of rotatable bonds is 4. The number of ether oxygens (including phenoxy) is 1. The van der Waals surface area contributed by atoms with Crippen LogP contribution in [-0.4, -0.2) is 48.8 Å². The maximum absolute atomic E-state index is 12.7. The molecule has 0 bridgehead atoms. The molecule has 0 spiro atoms. The van der Waals surface area contributed by atoms with E-state index in [-0.39, 0.29) is 5.91 Å². The molecule has 0 aromatic heterocycles. The molecule has 1 fully saturated rings. The highest BCUT2D eigenvalue weighted by molar-refractivity contribution is 8.01. The van der Waals surface area contributed by atoms with Crippen molar-refractivity contribution in [2.45, 2.75) is 23.5 Å². The molecule has 0 aliphatic carbocycles. The van der Waals surface area contributed by atoms with Crippen molar-refractivity contribution >= 4 is 17.7 Å². The summed E-state index contributed by atoms with van der Waals surface area (Å²) in [5.74, 6) is 1.01. The lowest BCUT2D eigenvalue weighted by atomic mass is 10.1. The van der Waals surface area contributed by atoms with Crippen LogP contribution in [0.25, 0.3) is 0 Å². The molecule has 1 aromatic rings. The number of para-hydroxylation sites is 1. The highest BCUT2D eigenvalue weighted by atomic mass is 32.2. The predicted molar refractivity (Wildman–Crippen MR) is 82.4 cm³/mol. The van der Waals surface area contributed by atoms with E-state index in [1.165, 1.54) is 0 Å². The van der Waals surface area contributed by atoms with Crippen LogP contribution in [0.3, 0.4) is 0 Å². The van der Waals surface area contributed by atoms with E-state index in [0.29, 0.717) is 0 Å². The lowest BCUT2D eigenvalue weighted by molar-refractivity contribution is -0.133. The molecule has 2 rings (SSSR count). The molecule has 5 heteroatoms. The number of carbonyl (C=O) groups excluding carboxylic acids is 1. The van der Waals surface area contributed by atoms with Gasteiger partial charge in [-0.15, -0.1) is 11.8 Å². The third kappa shape index (κ3) is 3.46. The minimum Gasteiger partial charge on any atom is -0.496 e. The number of benzene rings is 1. The second-order valence-corrected chi connectivity index (χ2v) is 6.97. The number of carbonyl (C=O) groups is 1. The molecule has 0 unspecified atom stereocenters. The maximum Gasteiger partial charge on any atom is 0.238 e. The third-order valence-electron chi connectivity index (χ3n) is 3.35. The average molecular weight is 294 g/mol. The molecular weight excluding hydrogens is 272 g/mol. The van der Waals surface area contributed by atoms with Gasteiger partial charge in [-0.2, -0.15) is 0 Å². The summed E-state index contributed by atoms with van der Waals surface area (Å²) in [5, 5.41) is 3.27. The number of piperazine rings is 1. The van der Waals surface area contributed by atoms with Crippen molar-refractivity contribution in [1.82, 2.24) is 10.2 Å². The molecule has 1 N–H and O–H groups in total. The number of nitrogens with one attached hydrogen (secondary N) is 1. The largest absolute Gasteiger partial charge is 0.496 e. The van der Waals surface area contributed by atoms with Gasteiger partial charge in [0, 0.05) is 26.2 Å². The van der Waals surface area contributed by atoms with E-state index < -0.39 is 4.75 Å². The fraction of sp³-hybridized carbons (Fsp3) is 0.533. The Morgan fingerprint density at radius 1 is 1.30 bits per heavy atom. The second kappa shape index (κ2) is 6.50. The van der Waals surface area contributed by atoms with Crippen LogP contribution in [0.15, 0.2) is 29.2 Å². The van der Waals surface area contributed by atoms with Crippen LogP contribution in [0.1, 0.15) is 13.8 Å². The Bertz CT molecular complexity index is 471. The minimum absolute atomic E-state index is 0.190. The first-order chi connectivity index (χ1) is 9.54. The van der Waals surface area contributed by atoms with Gasteiger partial charge in [0.15, 0.2) is 0 Å². The van der Waals surface area contributed by atoms with E-state index in [4.69, 9.17) is 4.74 Å². The summed E-state index contributed by atoms with van der Waals surface area (Å²) in [6, 6.07) is 7.83. The first-order valence-corrected chi connectivity index (χ1v) is 7.68. The van der Waals surface area contributed by atoms with Gasteiger partial charge in [0.05, 0.1) is 16.8 Å². The lowest BCUT2D eigenvalue weighted by Crippen LogP contribution is -2.51. The van der Waals surface area contributed by atoms with Gasteiger partial charge >= 0.3 is 0 Å². The van der Waals surface area contributed by atoms with E-state index in [1.54, 1.807) is 18.9 Å². The first-order valence-electron chi connectivity index (χ1n) is 6.87. The summed E-state index contributed by atoms with van der Waals surface area (Å²) < 4.78 is 4.87. The van der Waals surface area contributed by atoms with Gasteiger partial charge < -0.3 is 15.0 Å². The molecule has 0 atom stereocenters. The lowest BCUT2D eigenvalue weighted by Gasteiger charge is -2.34. The van der Waals surface area contributed by atoms with Crippen molar-refractivity contribution in [1.29, 1.82) is 0 Å². The summed E-state index contributed by atoms with van der Waals surface area (Å²) in [7, 11) is 1.66. The Labute approximate surface area is 124 Å². The summed E-state index contributed by atoms with van der Waals surface area (Å²) in [6.45, 7) is 7.29. The Morgan fingerprint density at radius 2 is 1.95 bits per heavy atom. The van der Waals surface area contributed by atoms with Crippen molar-refractivity contribution in [3.05, 3.63) is 24.3 Å². The maximum atomic E-state index is 12.7. The molecular formula is C15H22N2O2S. The zero-order valence-electron chi connectivity index (χ0n) is 12.3. The molecule has 1 amide bonds. The Morgan fingerprint density at radius 3 is 2.60 bits per heavy atom. The summed E-state index contributed by atoms with van der Waals surface area (Å²) in [6.07, 6.45) is 0. The zero-order valence-corrected chi connectivity index (χ0v) is 13.1. The molecule has 4 nitrogen and oxygen atoms in total. The van der Waals surface area contributed by atoms with E-state index in [1.807, 2.05) is 43.0 Å². The average Bonchev–Trinajstić information content (AvgIpc) is 2.47. The Balaban J connectivity index is 2.11. The van der Waals surface area contributed by atoms with Crippen molar-refractivity contribution < 1.29 is 9.53 Å². The van der Waals surface area contributed by atoms with E-state index in [9.17, 15) is 4.79 Å². The molecule has 0 saturated carbocycles. The van der Waals surface area contributed by atoms with Crippen LogP contribution in [-0.2, 0) is 4.79 Å². The second-order valence-electron chi connectivity index (χ2n) is 5.31. The summed E-state index contributed by atoms with van der Waals surface area (Å²) in [5.41, 5.74) is 0. The van der Waals surface area contributed by atoms with Gasteiger partial charge in [-0.1, -0.05) is 12.1 Å². The fourth-order valence-electron chi connectivity index (χ4n) is 2.27. The number of hydrogen-bond donors (Lipinski definition) is 1. The topological polar surface area (TPSA) is 41.6 Å². The van der Waals surface area contributed by atoms with Gasteiger partial charge in [0.2, 0.25) is 5.91 Å². The number of amides is 1.